The van der Waals surface area contributed by atoms with Crippen LogP contribution in [0.15, 0.2) is 48.5 Å². The third-order valence-corrected chi connectivity index (χ3v) is 4.06. The number of carbonyl (C=O) groups excluding carboxylic acids is 1. The predicted molar refractivity (Wildman–Crippen MR) is 105 cm³/mol. The van der Waals surface area contributed by atoms with Crippen molar-refractivity contribution in [3.05, 3.63) is 65.2 Å². The van der Waals surface area contributed by atoms with Crippen LogP contribution in [0.5, 0.6) is 5.75 Å². The van der Waals surface area contributed by atoms with Crippen molar-refractivity contribution in [2.45, 2.75) is 39.8 Å². The molecular formula is C20H24N2O2S. The van der Waals surface area contributed by atoms with Gasteiger partial charge in [0.2, 0.25) is 0 Å². The molecule has 2 aromatic carbocycles. The third kappa shape index (κ3) is 6.19. The van der Waals surface area contributed by atoms with Gasteiger partial charge in [-0.25, -0.2) is 0 Å². The highest BCUT2D eigenvalue weighted by Crippen LogP contribution is 2.15. The molecule has 1 unspecified atom stereocenters. The standard InChI is InChI=1S/C20H24N2O2S/c1-4-15(3)24-18-7-5-6-17(12-18)19(23)22-20(25)21-13-16-10-8-14(2)9-11-16/h5-12,15H,4,13H2,1-3H3,(H2,21,22,23,25). The maximum absolute atomic E-state index is 12.3. The van der Waals surface area contributed by atoms with Gasteiger partial charge in [-0.3, -0.25) is 10.1 Å². The van der Waals surface area contributed by atoms with E-state index >= 15 is 0 Å². The van der Waals surface area contributed by atoms with Crippen LogP contribution in [0.25, 0.3) is 0 Å². The quantitative estimate of drug-likeness (QED) is 0.769. The molecule has 0 bridgehead atoms. The molecule has 0 aliphatic rings. The number of rotatable bonds is 6. The minimum absolute atomic E-state index is 0.107. The summed E-state index contributed by atoms with van der Waals surface area (Å²) in [5.74, 6) is 0.427. The van der Waals surface area contributed by atoms with Crippen molar-refractivity contribution in [3.63, 3.8) is 0 Å². The molecular weight excluding hydrogens is 332 g/mol. The molecule has 2 rings (SSSR count). The van der Waals surface area contributed by atoms with Gasteiger partial charge in [-0.05, 0) is 56.2 Å². The Morgan fingerprint density at radius 2 is 1.92 bits per heavy atom. The van der Waals surface area contributed by atoms with E-state index in [9.17, 15) is 4.79 Å². The van der Waals surface area contributed by atoms with E-state index in [-0.39, 0.29) is 12.0 Å². The molecule has 2 aromatic rings. The molecule has 1 atom stereocenters. The summed E-state index contributed by atoms with van der Waals surface area (Å²) in [6, 6.07) is 15.3. The Kier molecular flexibility index (Phi) is 6.95. The second kappa shape index (κ2) is 9.18. The van der Waals surface area contributed by atoms with E-state index in [0.29, 0.717) is 23.0 Å². The van der Waals surface area contributed by atoms with Gasteiger partial charge in [0, 0.05) is 12.1 Å². The van der Waals surface area contributed by atoms with Crippen LogP contribution in [-0.4, -0.2) is 17.1 Å². The van der Waals surface area contributed by atoms with Crippen molar-refractivity contribution in [1.29, 1.82) is 0 Å². The second-order valence-electron chi connectivity index (χ2n) is 5.99. The fraction of sp³-hybridized carbons (Fsp3) is 0.300. The van der Waals surface area contributed by atoms with Crippen LogP contribution >= 0.6 is 12.2 Å². The number of thiocarbonyl (C=S) groups is 1. The van der Waals surface area contributed by atoms with Gasteiger partial charge in [0.05, 0.1) is 6.10 Å². The predicted octanol–water partition coefficient (Wildman–Crippen LogP) is 3.98. The molecule has 0 radical (unpaired) electrons. The van der Waals surface area contributed by atoms with Crippen LogP contribution in [0.4, 0.5) is 0 Å². The van der Waals surface area contributed by atoms with Crippen LogP contribution in [0, 0.1) is 6.92 Å². The minimum Gasteiger partial charge on any atom is -0.491 e. The third-order valence-electron chi connectivity index (χ3n) is 3.81. The molecule has 5 heteroatoms. The van der Waals surface area contributed by atoms with Crippen LogP contribution in [0.3, 0.4) is 0 Å². The fourth-order valence-electron chi connectivity index (χ4n) is 2.13. The number of amides is 1. The van der Waals surface area contributed by atoms with Crippen molar-refractivity contribution in [3.8, 4) is 5.75 Å². The topological polar surface area (TPSA) is 50.4 Å². The second-order valence-corrected chi connectivity index (χ2v) is 6.40. The lowest BCUT2D eigenvalue weighted by molar-refractivity contribution is 0.0976. The molecule has 0 heterocycles. The molecule has 0 spiro atoms. The van der Waals surface area contributed by atoms with Gasteiger partial charge in [0.1, 0.15) is 5.75 Å². The molecule has 2 N–H and O–H groups in total. The maximum atomic E-state index is 12.3. The minimum atomic E-state index is -0.254. The van der Waals surface area contributed by atoms with Crippen molar-refractivity contribution in [2.24, 2.45) is 0 Å². The van der Waals surface area contributed by atoms with Gasteiger partial charge in [-0.1, -0.05) is 42.8 Å². The molecule has 25 heavy (non-hydrogen) atoms. The van der Waals surface area contributed by atoms with Gasteiger partial charge >= 0.3 is 0 Å². The number of carbonyl (C=O) groups is 1. The number of nitrogens with one attached hydrogen (secondary N) is 2. The summed E-state index contributed by atoms with van der Waals surface area (Å²) < 4.78 is 5.75. The van der Waals surface area contributed by atoms with Gasteiger partial charge in [0.25, 0.3) is 5.91 Å². The Hall–Kier alpha value is -2.40. The number of aryl methyl sites for hydroxylation is 1. The molecule has 0 saturated heterocycles. The molecule has 0 aromatic heterocycles. The van der Waals surface area contributed by atoms with Gasteiger partial charge in [-0.2, -0.15) is 0 Å². The summed E-state index contributed by atoms with van der Waals surface area (Å²) in [6.45, 7) is 6.66. The maximum Gasteiger partial charge on any atom is 0.257 e. The Morgan fingerprint density at radius 1 is 1.20 bits per heavy atom. The summed E-state index contributed by atoms with van der Waals surface area (Å²) in [5, 5.41) is 6.05. The smallest absolute Gasteiger partial charge is 0.257 e. The lowest BCUT2D eigenvalue weighted by Gasteiger charge is -2.14. The SMILES string of the molecule is CCC(C)Oc1cccc(C(=O)NC(=S)NCc2ccc(C)cc2)c1. The molecule has 1 amide bonds. The molecule has 4 nitrogen and oxygen atoms in total. The Balaban J connectivity index is 1.89. The van der Waals surface area contributed by atoms with E-state index in [1.54, 1.807) is 18.2 Å². The van der Waals surface area contributed by atoms with Gasteiger partial charge < -0.3 is 10.1 Å². The van der Waals surface area contributed by atoms with Gasteiger partial charge in [-0.15, -0.1) is 0 Å². The highest BCUT2D eigenvalue weighted by molar-refractivity contribution is 7.80. The van der Waals surface area contributed by atoms with Crippen LogP contribution < -0.4 is 15.4 Å². The van der Waals surface area contributed by atoms with E-state index in [4.69, 9.17) is 17.0 Å². The number of ether oxygens (including phenoxy) is 1. The van der Waals surface area contributed by atoms with Crippen molar-refractivity contribution in [2.75, 3.05) is 0 Å². The zero-order chi connectivity index (χ0) is 18.2. The highest BCUT2D eigenvalue weighted by atomic mass is 32.1. The molecule has 0 aliphatic heterocycles. The first-order chi connectivity index (χ1) is 12.0. The zero-order valence-corrected chi connectivity index (χ0v) is 15.7. The van der Waals surface area contributed by atoms with E-state index in [2.05, 4.69) is 17.6 Å². The zero-order valence-electron chi connectivity index (χ0n) is 14.8. The first-order valence-corrected chi connectivity index (χ1v) is 8.80. The Labute approximate surface area is 154 Å². The lowest BCUT2D eigenvalue weighted by Crippen LogP contribution is -2.38. The first-order valence-electron chi connectivity index (χ1n) is 8.39. The van der Waals surface area contributed by atoms with Crippen molar-refractivity contribution < 1.29 is 9.53 Å². The molecule has 0 aliphatic carbocycles. The van der Waals surface area contributed by atoms with Crippen LogP contribution in [0.1, 0.15) is 41.8 Å². The highest BCUT2D eigenvalue weighted by Gasteiger charge is 2.10. The summed E-state index contributed by atoms with van der Waals surface area (Å²) in [5.41, 5.74) is 2.82. The van der Waals surface area contributed by atoms with Crippen LogP contribution in [0.2, 0.25) is 0 Å². The van der Waals surface area contributed by atoms with Crippen LogP contribution in [-0.2, 0) is 6.54 Å². The monoisotopic (exact) mass is 356 g/mol. The van der Waals surface area contributed by atoms with Crippen molar-refractivity contribution in [1.82, 2.24) is 10.6 Å². The van der Waals surface area contributed by atoms with Gasteiger partial charge in [0.15, 0.2) is 5.11 Å². The summed E-state index contributed by atoms with van der Waals surface area (Å²) in [7, 11) is 0. The first kappa shape index (κ1) is 18.9. The summed E-state index contributed by atoms with van der Waals surface area (Å²) in [6.07, 6.45) is 1.01. The molecule has 0 fully saturated rings. The molecule has 0 saturated carbocycles. The number of hydrogen-bond donors (Lipinski definition) is 2. The Morgan fingerprint density at radius 3 is 2.60 bits per heavy atom. The summed E-state index contributed by atoms with van der Waals surface area (Å²) >= 11 is 5.20. The van der Waals surface area contributed by atoms with E-state index in [1.165, 1.54) is 5.56 Å². The fourth-order valence-corrected chi connectivity index (χ4v) is 2.30. The lowest BCUT2D eigenvalue weighted by atomic mass is 10.1. The number of hydrogen-bond acceptors (Lipinski definition) is 3. The van der Waals surface area contributed by atoms with E-state index in [0.717, 1.165) is 12.0 Å². The average Bonchev–Trinajstić information content (AvgIpc) is 2.61. The largest absolute Gasteiger partial charge is 0.491 e. The average molecular weight is 356 g/mol. The van der Waals surface area contributed by atoms with E-state index in [1.807, 2.05) is 44.2 Å². The van der Waals surface area contributed by atoms with Crippen molar-refractivity contribution >= 4 is 23.2 Å². The number of benzene rings is 2. The molecule has 132 valence electrons. The summed E-state index contributed by atoms with van der Waals surface area (Å²) in [4.78, 5) is 12.3. The van der Waals surface area contributed by atoms with E-state index < -0.39 is 0 Å². The Bertz CT molecular complexity index is 729. The normalized spacial score (nSPS) is 11.5.